The fourth-order valence-corrected chi connectivity index (χ4v) is 3.25. The standard InChI is InChI=1S/C23H28N2O4/c1-18-7-6-10-21(19(18)2)29-17-23(27)25-14-12-24(13-15-25)22(26)11-16-28-20-8-4-3-5-9-20/h3-10H,11-17H2,1-2H3. The van der Waals surface area contributed by atoms with Gasteiger partial charge >= 0.3 is 0 Å². The molecule has 29 heavy (non-hydrogen) atoms. The summed E-state index contributed by atoms with van der Waals surface area (Å²) in [5.41, 5.74) is 2.19. The van der Waals surface area contributed by atoms with Crippen molar-refractivity contribution in [3.05, 3.63) is 59.7 Å². The Morgan fingerprint density at radius 2 is 1.48 bits per heavy atom. The number of piperazine rings is 1. The largest absolute Gasteiger partial charge is 0.493 e. The van der Waals surface area contributed by atoms with Gasteiger partial charge < -0.3 is 19.3 Å². The molecule has 6 nitrogen and oxygen atoms in total. The van der Waals surface area contributed by atoms with Crippen molar-refractivity contribution in [2.45, 2.75) is 20.3 Å². The highest BCUT2D eigenvalue weighted by molar-refractivity contribution is 5.79. The van der Waals surface area contributed by atoms with Gasteiger partial charge in [-0.15, -0.1) is 0 Å². The van der Waals surface area contributed by atoms with Gasteiger partial charge in [-0.25, -0.2) is 0 Å². The minimum absolute atomic E-state index is 0.0170. The average Bonchev–Trinajstić information content (AvgIpc) is 2.75. The Morgan fingerprint density at radius 3 is 2.17 bits per heavy atom. The molecule has 3 rings (SSSR count). The summed E-state index contributed by atoms with van der Waals surface area (Å²) in [6.45, 7) is 6.51. The van der Waals surface area contributed by atoms with Crippen molar-refractivity contribution >= 4 is 11.8 Å². The molecule has 0 unspecified atom stereocenters. The fraction of sp³-hybridized carbons (Fsp3) is 0.391. The summed E-state index contributed by atoms with van der Waals surface area (Å²) in [5.74, 6) is 1.51. The van der Waals surface area contributed by atoms with Crippen LogP contribution in [0.3, 0.4) is 0 Å². The van der Waals surface area contributed by atoms with Gasteiger partial charge in [-0.3, -0.25) is 9.59 Å². The van der Waals surface area contributed by atoms with Crippen LogP contribution in [0.1, 0.15) is 17.5 Å². The molecule has 0 bridgehead atoms. The zero-order chi connectivity index (χ0) is 20.6. The molecule has 0 aromatic heterocycles. The van der Waals surface area contributed by atoms with E-state index in [1.54, 1.807) is 9.80 Å². The first-order chi connectivity index (χ1) is 14.0. The number of carbonyl (C=O) groups excluding carboxylic acids is 2. The highest BCUT2D eigenvalue weighted by Gasteiger charge is 2.24. The first kappa shape index (κ1) is 20.7. The number of nitrogens with zero attached hydrogens (tertiary/aromatic N) is 2. The molecule has 2 amide bonds. The average molecular weight is 396 g/mol. The fourth-order valence-electron chi connectivity index (χ4n) is 3.25. The number of hydrogen-bond donors (Lipinski definition) is 0. The minimum Gasteiger partial charge on any atom is -0.493 e. The third kappa shape index (κ3) is 5.73. The number of rotatable bonds is 7. The van der Waals surface area contributed by atoms with Crippen LogP contribution in [0.4, 0.5) is 0 Å². The molecule has 6 heteroatoms. The van der Waals surface area contributed by atoms with Crippen molar-refractivity contribution in [2.24, 2.45) is 0 Å². The number of aryl methyl sites for hydroxylation is 1. The van der Waals surface area contributed by atoms with Gasteiger partial charge in [0.05, 0.1) is 13.0 Å². The molecule has 1 fully saturated rings. The van der Waals surface area contributed by atoms with E-state index in [2.05, 4.69) is 0 Å². The Labute approximate surface area is 172 Å². The van der Waals surface area contributed by atoms with Gasteiger partial charge in [0.1, 0.15) is 11.5 Å². The van der Waals surface area contributed by atoms with Crippen LogP contribution in [-0.2, 0) is 9.59 Å². The molecule has 2 aromatic rings. The summed E-state index contributed by atoms with van der Waals surface area (Å²) in [6.07, 6.45) is 0.332. The van der Waals surface area contributed by atoms with Gasteiger partial charge in [-0.1, -0.05) is 30.3 Å². The maximum absolute atomic E-state index is 12.5. The third-order valence-corrected chi connectivity index (χ3v) is 5.22. The lowest BCUT2D eigenvalue weighted by molar-refractivity contribution is -0.141. The number of ether oxygens (including phenoxy) is 2. The Morgan fingerprint density at radius 1 is 0.828 bits per heavy atom. The lowest BCUT2D eigenvalue weighted by Crippen LogP contribution is -2.51. The van der Waals surface area contributed by atoms with Crippen molar-refractivity contribution in [3.8, 4) is 11.5 Å². The normalized spacial score (nSPS) is 13.9. The van der Waals surface area contributed by atoms with Gasteiger partial charge in [0.15, 0.2) is 6.61 Å². The van der Waals surface area contributed by atoms with Gasteiger partial charge in [-0.05, 0) is 43.2 Å². The molecular weight excluding hydrogens is 368 g/mol. The van der Waals surface area contributed by atoms with Gasteiger partial charge in [0, 0.05) is 26.2 Å². The molecule has 1 heterocycles. The maximum atomic E-state index is 12.5. The molecule has 0 spiro atoms. The van der Waals surface area contributed by atoms with Crippen LogP contribution in [0.5, 0.6) is 11.5 Å². The number of carbonyl (C=O) groups is 2. The zero-order valence-corrected chi connectivity index (χ0v) is 17.1. The van der Waals surface area contributed by atoms with Crippen molar-refractivity contribution in [3.63, 3.8) is 0 Å². The van der Waals surface area contributed by atoms with Gasteiger partial charge in [-0.2, -0.15) is 0 Å². The van der Waals surface area contributed by atoms with E-state index < -0.39 is 0 Å². The number of benzene rings is 2. The first-order valence-corrected chi connectivity index (χ1v) is 9.97. The molecule has 0 N–H and O–H groups in total. The van der Waals surface area contributed by atoms with Gasteiger partial charge in [0.2, 0.25) is 5.91 Å². The summed E-state index contributed by atoms with van der Waals surface area (Å²) in [5, 5.41) is 0. The predicted molar refractivity (Wildman–Crippen MR) is 111 cm³/mol. The molecular formula is C23H28N2O4. The quantitative estimate of drug-likeness (QED) is 0.722. The molecule has 1 aliphatic rings. The second-order valence-electron chi connectivity index (χ2n) is 7.16. The third-order valence-electron chi connectivity index (χ3n) is 5.22. The van der Waals surface area contributed by atoms with E-state index in [-0.39, 0.29) is 18.4 Å². The van der Waals surface area contributed by atoms with Crippen LogP contribution in [0.2, 0.25) is 0 Å². The van der Waals surface area contributed by atoms with E-state index in [1.165, 1.54) is 0 Å². The minimum atomic E-state index is -0.0505. The molecule has 154 valence electrons. The van der Waals surface area contributed by atoms with Crippen LogP contribution in [0.25, 0.3) is 0 Å². The van der Waals surface area contributed by atoms with Crippen molar-refractivity contribution < 1.29 is 19.1 Å². The van der Waals surface area contributed by atoms with Gasteiger partial charge in [0.25, 0.3) is 5.91 Å². The maximum Gasteiger partial charge on any atom is 0.260 e. The van der Waals surface area contributed by atoms with E-state index in [9.17, 15) is 9.59 Å². The van der Waals surface area contributed by atoms with Crippen LogP contribution in [0.15, 0.2) is 48.5 Å². The lowest BCUT2D eigenvalue weighted by atomic mass is 10.1. The van der Waals surface area contributed by atoms with E-state index >= 15 is 0 Å². The summed E-state index contributed by atoms with van der Waals surface area (Å²) in [6, 6.07) is 15.3. The molecule has 1 saturated heterocycles. The Hall–Kier alpha value is -3.02. The summed E-state index contributed by atoms with van der Waals surface area (Å²) in [7, 11) is 0. The van der Waals surface area contributed by atoms with Crippen molar-refractivity contribution in [2.75, 3.05) is 39.4 Å². The summed E-state index contributed by atoms with van der Waals surface area (Å²) in [4.78, 5) is 28.4. The summed E-state index contributed by atoms with van der Waals surface area (Å²) < 4.78 is 11.3. The molecule has 1 aliphatic heterocycles. The Balaban J connectivity index is 1.38. The molecule has 0 radical (unpaired) electrons. The number of amides is 2. The summed E-state index contributed by atoms with van der Waals surface area (Å²) >= 11 is 0. The van der Waals surface area contributed by atoms with Crippen LogP contribution in [-0.4, -0.2) is 61.0 Å². The lowest BCUT2D eigenvalue weighted by Gasteiger charge is -2.34. The van der Waals surface area contributed by atoms with E-state index in [1.807, 2.05) is 62.4 Å². The second kappa shape index (κ2) is 9.96. The molecule has 0 saturated carbocycles. The topological polar surface area (TPSA) is 59.1 Å². The van der Waals surface area contributed by atoms with Crippen LogP contribution < -0.4 is 9.47 Å². The predicted octanol–water partition coefficient (Wildman–Crippen LogP) is 2.82. The van der Waals surface area contributed by atoms with Crippen LogP contribution >= 0.6 is 0 Å². The zero-order valence-electron chi connectivity index (χ0n) is 17.1. The Bertz CT molecular complexity index is 830. The van der Waals surface area contributed by atoms with E-state index in [0.717, 1.165) is 22.6 Å². The molecule has 0 atom stereocenters. The Kier molecular flexibility index (Phi) is 7.11. The smallest absolute Gasteiger partial charge is 0.260 e. The van der Waals surface area contributed by atoms with E-state index in [4.69, 9.17) is 9.47 Å². The SMILES string of the molecule is Cc1cccc(OCC(=O)N2CCN(C(=O)CCOc3ccccc3)CC2)c1C. The van der Waals surface area contributed by atoms with Crippen molar-refractivity contribution in [1.29, 1.82) is 0 Å². The highest BCUT2D eigenvalue weighted by Crippen LogP contribution is 2.20. The van der Waals surface area contributed by atoms with Crippen LogP contribution in [0, 0.1) is 13.8 Å². The molecule has 0 aliphatic carbocycles. The number of para-hydroxylation sites is 1. The van der Waals surface area contributed by atoms with Crippen molar-refractivity contribution in [1.82, 2.24) is 9.80 Å². The highest BCUT2D eigenvalue weighted by atomic mass is 16.5. The second-order valence-corrected chi connectivity index (χ2v) is 7.16. The first-order valence-electron chi connectivity index (χ1n) is 9.97. The van der Waals surface area contributed by atoms with E-state index in [0.29, 0.717) is 39.2 Å². The monoisotopic (exact) mass is 396 g/mol. The number of hydrogen-bond acceptors (Lipinski definition) is 4. The molecule has 2 aromatic carbocycles.